The van der Waals surface area contributed by atoms with Gasteiger partial charge in [0.25, 0.3) is 0 Å². The Labute approximate surface area is 165 Å². The van der Waals surface area contributed by atoms with E-state index in [1.54, 1.807) is 7.11 Å². The number of methoxy groups -OCH3 is 1. The summed E-state index contributed by atoms with van der Waals surface area (Å²) < 4.78 is 11.2. The fourth-order valence-electron chi connectivity index (χ4n) is 4.06. The fourth-order valence-corrected chi connectivity index (χ4v) is 4.06. The van der Waals surface area contributed by atoms with Gasteiger partial charge in [-0.15, -0.1) is 0 Å². The molecule has 0 saturated heterocycles. The molecule has 1 aromatic heterocycles. The lowest BCUT2D eigenvalue weighted by atomic mass is 9.87. The van der Waals surface area contributed by atoms with Gasteiger partial charge in [-0.3, -0.25) is 4.79 Å². The summed E-state index contributed by atoms with van der Waals surface area (Å²) in [6.45, 7) is 2.97. The smallest absolute Gasteiger partial charge is 0.225 e. The van der Waals surface area contributed by atoms with E-state index in [-0.39, 0.29) is 17.2 Å². The van der Waals surface area contributed by atoms with Crippen LogP contribution in [0.4, 0.5) is 5.95 Å². The van der Waals surface area contributed by atoms with Crippen LogP contribution < -0.4 is 19.7 Å². The third-order valence-electron chi connectivity index (χ3n) is 5.66. The zero-order chi connectivity index (χ0) is 19.9. The van der Waals surface area contributed by atoms with Gasteiger partial charge in [-0.05, 0) is 44.0 Å². The van der Waals surface area contributed by atoms with Crippen molar-refractivity contribution >= 4 is 11.9 Å². The van der Waals surface area contributed by atoms with E-state index < -0.39 is 0 Å². The van der Waals surface area contributed by atoms with Crippen LogP contribution in [0.3, 0.4) is 0 Å². The second kappa shape index (κ2) is 6.96. The minimum Gasteiger partial charge on any atom is -0.497 e. The van der Waals surface area contributed by atoms with Crippen LogP contribution in [0.15, 0.2) is 24.3 Å². The number of amides is 1. The first-order chi connectivity index (χ1) is 13.4. The number of aromatic nitrogens is 2. The Morgan fingerprint density at radius 2 is 2.18 bits per heavy atom. The number of nitrogens with one attached hydrogen (secondary N) is 1. The maximum Gasteiger partial charge on any atom is 0.225 e. The molecule has 2 aliphatic rings. The Morgan fingerprint density at radius 1 is 1.36 bits per heavy atom. The maximum atomic E-state index is 12.9. The molecule has 0 radical (unpaired) electrons. The van der Waals surface area contributed by atoms with Crippen molar-refractivity contribution in [3.63, 3.8) is 0 Å². The molecule has 2 atom stereocenters. The molecular formula is C21H26N4O3. The van der Waals surface area contributed by atoms with Gasteiger partial charge >= 0.3 is 0 Å². The number of fused-ring (bicyclic) bond motifs is 2. The Bertz CT molecular complexity index is 915. The second-order valence-electron chi connectivity index (χ2n) is 7.79. The van der Waals surface area contributed by atoms with Gasteiger partial charge in [0.15, 0.2) is 0 Å². The number of ether oxygens (including phenoxy) is 2. The largest absolute Gasteiger partial charge is 0.497 e. The summed E-state index contributed by atoms with van der Waals surface area (Å²) in [5, 5.41) is 3.07. The first-order valence-corrected chi connectivity index (χ1v) is 9.54. The zero-order valence-corrected chi connectivity index (χ0v) is 16.8. The molecule has 1 spiro atoms. The van der Waals surface area contributed by atoms with Crippen LogP contribution in [0.5, 0.6) is 11.5 Å². The van der Waals surface area contributed by atoms with Crippen molar-refractivity contribution in [2.24, 2.45) is 5.92 Å². The highest BCUT2D eigenvalue weighted by Gasteiger charge is 2.61. The molecule has 1 aliphatic carbocycles. The van der Waals surface area contributed by atoms with E-state index in [9.17, 15) is 4.79 Å². The van der Waals surface area contributed by atoms with Crippen LogP contribution in [0, 0.1) is 12.8 Å². The molecule has 2 heterocycles. The van der Waals surface area contributed by atoms with E-state index in [2.05, 4.69) is 15.3 Å². The molecule has 7 nitrogen and oxygen atoms in total. The molecule has 7 heteroatoms. The van der Waals surface area contributed by atoms with Crippen molar-refractivity contribution in [3.05, 3.63) is 41.2 Å². The van der Waals surface area contributed by atoms with Gasteiger partial charge in [-0.25, -0.2) is 9.97 Å². The van der Waals surface area contributed by atoms with Gasteiger partial charge in [0.1, 0.15) is 11.5 Å². The Hall–Kier alpha value is -2.83. The monoisotopic (exact) mass is 382 g/mol. The summed E-state index contributed by atoms with van der Waals surface area (Å²) in [6, 6.07) is 7.76. The summed E-state index contributed by atoms with van der Waals surface area (Å²) in [7, 11) is 5.46. The average molecular weight is 382 g/mol. The SMILES string of the molecule is COc1ccc2c(c1)[C@@]1(CCO2)C[C@@H]1C(=O)NCc1cc(C)nc(N(C)C)n1. The summed E-state index contributed by atoms with van der Waals surface area (Å²) >= 11 is 0. The van der Waals surface area contributed by atoms with Gasteiger partial charge in [0, 0.05) is 36.7 Å². The van der Waals surface area contributed by atoms with Crippen LogP contribution in [0.1, 0.15) is 29.8 Å². The normalized spacial score (nSPS) is 22.2. The highest BCUT2D eigenvalue weighted by atomic mass is 16.5. The molecule has 1 fully saturated rings. The number of anilines is 1. The van der Waals surface area contributed by atoms with Crippen LogP contribution in [0.2, 0.25) is 0 Å². The van der Waals surface area contributed by atoms with Crippen molar-refractivity contribution < 1.29 is 14.3 Å². The molecule has 1 N–H and O–H groups in total. The molecule has 1 saturated carbocycles. The fraction of sp³-hybridized carbons (Fsp3) is 0.476. The van der Waals surface area contributed by atoms with E-state index in [0.717, 1.165) is 41.3 Å². The zero-order valence-electron chi connectivity index (χ0n) is 16.8. The summed E-state index contributed by atoms with van der Waals surface area (Å²) in [5.41, 5.74) is 2.65. The van der Waals surface area contributed by atoms with Gasteiger partial charge in [0.2, 0.25) is 11.9 Å². The highest BCUT2D eigenvalue weighted by molar-refractivity contribution is 5.85. The quantitative estimate of drug-likeness (QED) is 0.855. The summed E-state index contributed by atoms with van der Waals surface area (Å²) in [4.78, 5) is 23.6. The number of nitrogens with zero attached hydrogens (tertiary/aromatic N) is 3. The topological polar surface area (TPSA) is 76.6 Å². The molecule has 0 unspecified atom stereocenters. The van der Waals surface area contributed by atoms with Crippen LogP contribution >= 0.6 is 0 Å². The number of benzene rings is 1. The number of aryl methyl sites for hydroxylation is 1. The Kier molecular flexibility index (Phi) is 4.61. The van der Waals surface area contributed by atoms with E-state index in [0.29, 0.717) is 19.1 Å². The maximum absolute atomic E-state index is 12.9. The lowest BCUT2D eigenvalue weighted by Crippen LogP contribution is -2.31. The van der Waals surface area contributed by atoms with E-state index in [1.165, 1.54) is 0 Å². The van der Waals surface area contributed by atoms with Crippen LogP contribution in [-0.2, 0) is 16.8 Å². The molecule has 28 heavy (non-hydrogen) atoms. The van der Waals surface area contributed by atoms with Crippen molar-refractivity contribution in [2.75, 3.05) is 32.7 Å². The molecule has 4 rings (SSSR count). The third-order valence-corrected chi connectivity index (χ3v) is 5.66. The number of hydrogen-bond acceptors (Lipinski definition) is 6. The molecule has 1 aliphatic heterocycles. The summed E-state index contributed by atoms with van der Waals surface area (Å²) in [6.07, 6.45) is 1.69. The van der Waals surface area contributed by atoms with E-state index >= 15 is 0 Å². The van der Waals surface area contributed by atoms with Crippen molar-refractivity contribution in [2.45, 2.75) is 31.7 Å². The van der Waals surface area contributed by atoms with Gasteiger partial charge < -0.3 is 19.7 Å². The first kappa shape index (κ1) is 18.5. The number of carbonyl (C=O) groups excluding carboxylic acids is 1. The predicted octanol–water partition coefficient (Wildman–Crippen LogP) is 2.22. The van der Waals surface area contributed by atoms with Crippen molar-refractivity contribution in [3.8, 4) is 11.5 Å². The van der Waals surface area contributed by atoms with Crippen LogP contribution in [-0.4, -0.2) is 43.7 Å². The average Bonchev–Trinajstić information content (AvgIpc) is 3.40. The number of carbonyl (C=O) groups is 1. The molecule has 148 valence electrons. The summed E-state index contributed by atoms with van der Waals surface area (Å²) in [5.74, 6) is 2.33. The van der Waals surface area contributed by atoms with Crippen LogP contribution in [0.25, 0.3) is 0 Å². The van der Waals surface area contributed by atoms with Crippen molar-refractivity contribution in [1.29, 1.82) is 0 Å². The lowest BCUT2D eigenvalue weighted by molar-refractivity contribution is -0.123. The standard InChI is InChI=1S/C21H26N4O3/c1-13-9-14(24-20(23-13)25(2)3)12-22-19(26)17-11-21(17)7-8-28-18-6-5-15(27-4)10-16(18)21/h5-6,9-10,17H,7-8,11-12H2,1-4H3,(H,22,26)/t17-,21-/m1/s1. The minimum atomic E-state index is -0.136. The molecule has 2 aromatic rings. The molecule has 0 bridgehead atoms. The molecular weight excluding hydrogens is 356 g/mol. The molecule has 1 amide bonds. The van der Waals surface area contributed by atoms with Gasteiger partial charge in [-0.2, -0.15) is 0 Å². The van der Waals surface area contributed by atoms with E-state index in [4.69, 9.17) is 9.47 Å². The van der Waals surface area contributed by atoms with Gasteiger partial charge in [0.05, 0.1) is 26.0 Å². The first-order valence-electron chi connectivity index (χ1n) is 9.54. The van der Waals surface area contributed by atoms with E-state index in [1.807, 2.05) is 50.2 Å². The Morgan fingerprint density at radius 3 is 2.93 bits per heavy atom. The molecule has 1 aromatic carbocycles. The third kappa shape index (κ3) is 3.25. The number of rotatable bonds is 5. The number of hydrogen-bond donors (Lipinski definition) is 1. The lowest BCUT2D eigenvalue weighted by Gasteiger charge is -2.27. The van der Waals surface area contributed by atoms with Gasteiger partial charge in [-0.1, -0.05) is 0 Å². The Balaban J connectivity index is 1.48. The second-order valence-corrected chi connectivity index (χ2v) is 7.79. The van der Waals surface area contributed by atoms with Crippen molar-refractivity contribution in [1.82, 2.24) is 15.3 Å². The predicted molar refractivity (Wildman–Crippen MR) is 106 cm³/mol. The minimum absolute atomic E-state index is 0.0430. The highest BCUT2D eigenvalue weighted by Crippen LogP contribution is 2.61.